The van der Waals surface area contributed by atoms with E-state index in [2.05, 4.69) is 12.0 Å². The van der Waals surface area contributed by atoms with Crippen molar-refractivity contribution in [1.82, 2.24) is 9.97 Å². The fourth-order valence-electron chi connectivity index (χ4n) is 3.49. The maximum atomic E-state index is 12.6. The Morgan fingerprint density at radius 2 is 1.77 bits per heavy atom. The second-order valence-corrected chi connectivity index (χ2v) is 8.24. The maximum Gasteiger partial charge on any atom is 0.259 e. The molecule has 30 heavy (non-hydrogen) atoms. The normalized spacial score (nSPS) is 12.1. The van der Waals surface area contributed by atoms with Crippen molar-refractivity contribution in [2.45, 2.75) is 13.1 Å². The lowest BCUT2D eigenvalue weighted by Crippen LogP contribution is -3.06. The molecular formula is C23H24N3O3S+. The zero-order valence-corrected chi connectivity index (χ0v) is 18.0. The molecule has 0 fully saturated rings. The highest BCUT2D eigenvalue weighted by molar-refractivity contribution is 7.21. The SMILES string of the molecule is COc1ccc(C[NH+](C)Cc2nc3sc(-c4ccccc4)cc3c(=O)[nH]2)cc1OC. The van der Waals surface area contributed by atoms with E-state index in [4.69, 9.17) is 14.5 Å². The molecule has 1 atom stereocenters. The van der Waals surface area contributed by atoms with Gasteiger partial charge in [0, 0.05) is 10.4 Å². The van der Waals surface area contributed by atoms with E-state index in [0.29, 0.717) is 29.3 Å². The molecule has 0 saturated carbocycles. The molecule has 0 saturated heterocycles. The lowest BCUT2D eigenvalue weighted by Gasteiger charge is -2.15. The van der Waals surface area contributed by atoms with Crippen LogP contribution in [0.3, 0.4) is 0 Å². The summed E-state index contributed by atoms with van der Waals surface area (Å²) in [4.78, 5) is 23.3. The molecular weight excluding hydrogens is 398 g/mol. The van der Waals surface area contributed by atoms with Crippen LogP contribution in [-0.2, 0) is 13.1 Å². The molecule has 2 aromatic carbocycles. The van der Waals surface area contributed by atoms with Gasteiger partial charge in [-0.15, -0.1) is 11.3 Å². The molecule has 7 heteroatoms. The average molecular weight is 423 g/mol. The number of thiophene rings is 1. The van der Waals surface area contributed by atoms with Crippen molar-refractivity contribution in [2.24, 2.45) is 0 Å². The fraction of sp³-hybridized carbons (Fsp3) is 0.217. The predicted octanol–water partition coefficient (Wildman–Crippen LogP) is 2.88. The number of aromatic nitrogens is 2. The van der Waals surface area contributed by atoms with Crippen molar-refractivity contribution in [3.05, 3.63) is 76.3 Å². The topological polar surface area (TPSA) is 68.7 Å². The van der Waals surface area contributed by atoms with Gasteiger partial charge >= 0.3 is 0 Å². The van der Waals surface area contributed by atoms with Gasteiger partial charge in [-0.2, -0.15) is 0 Å². The number of hydrogen-bond acceptors (Lipinski definition) is 5. The number of benzene rings is 2. The summed E-state index contributed by atoms with van der Waals surface area (Å²) in [5, 5.41) is 0.639. The first-order valence-corrected chi connectivity index (χ1v) is 10.5. The summed E-state index contributed by atoms with van der Waals surface area (Å²) in [6.45, 7) is 1.37. The third-order valence-corrected chi connectivity index (χ3v) is 6.01. The van der Waals surface area contributed by atoms with Crippen molar-refractivity contribution >= 4 is 21.6 Å². The van der Waals surface area contributed by atoms with E-state index in [9.17, 15) is 4.79 Å². The molecule has 1 unspecified atom stereocenters. The first kappa shape index (κ1) is 20.1. The van der Waals surface area contributed by atoms with Crippen LogP contribution in [0.2, 0.25) is 0 Å². The number of nitrogens with zero attached hydrogens (tertiary/aromatic N) is 1. The molecule has 0 aliphatic heterocycles. The number of fused-ring (bicyclic) bond motifs is 1. The smallest absolute Gasteiger partial charge is 0.259 e. The third-order valence-electron chi connectivity index (χ3n) is 4.93. The number of nitrogens with one attached hydrogen (secondary N) is 2. The zero-order valence-electron chi connectivity index (χ0n) is 17.2. The van der Waals surface area contributed by atoms with Gasteiger partial charge in [-0.3, -0.25) is 4.79 Å². The van der Waals surface area contributed by atoms with Crippen LogP contribution < -0.4 is 19.9 Å². The van der Waals surface area contributed by atoms with Gasteiger partial charge in [0.15, 0.2) is 17.3 Å². The van der Waals surface area contributed by atoms with Crippen LogP contribution in [0, 0.1) is 0 Å². The molecule has 0 radical (unpaired) electrons. The van der Waals surface area contributed by atoms with Gasteiger partial charge in [-0.1, -0.05) is 30.3 Å². The third kappa shape index (κ3) is 4.22. The number of H-pyrrole nitrogens is 1. The zero-order chi connectivity index (χ0) is 21.1. The van der Waals surface area contributed by atoms with Gasteiger partial charge in [0.1, 0.15) is 17.9 Å². The molecule has 0 aliphatic carbocycles. The van der Waals surface area contributed by atoms with Gasteiger partial charge in [0.25, 0.3) is 5.56 Å². The van der Waals surface area contributed by atoms with Gasteiger partial charge in [0.2, 0.25) is 0 Å². The molecule has 0 amide bonds. The van der Waals surface area contributed by atoms with E-state index in [0.717, 1.165) is 27.4 Å². The van der Waals surface area contributed by atoms with E-state index < -0.39 is 0 Å². The number of quaternary nitrogens is 1. The number of aromatic amines is 1. The molecule has 2 heterocycles. The Morgan fingerprint density at radius 3 is 2.50 bits per heavy atom. The highest BCUT2D eigenvalue weighted by atomic mass is 32.1. The van der Waals surface area contributed by atoms with E-state index in [1.165, 1.54) is 4.90 Å². The first-order valence-electron chi connectivity index (χ1n) is 9.67. The monoisotopic (exact) mass is 422 g/mol. The van der Waals surface area contributed by atoms with Crippen molar-refractivity contribution in [2.75, 3.05) is 21.3 Å². The van der Waals surface area contributed by atoms with Gasteiger partial charge < -0.3 is 19.4 Å². The van der Waals surface area contributed by atoms with Crippen LogP contribution in [0.5, 0.6) is 11.5 Å². The highest BCUT2D eigenvalue weighted by Gasteiger charge is 2.14. The summed E-state index contributed by atoms with van der Waals surface area (Å²) >= 11 is 1.55. The second-order valence-electron chi connectivity index (χ2n) is 7.21. The highest BCUT2D eigenvalue weighted by Crippen LogP contribution is 2.30. The number of rotatable bonds is 7. The van der Waals surface area contributed by atoms with Gasteiger partial charge in [0.05, 0.1) is 26.7 Å². The van der Waals surface area contributed by atoms with Crippen molar-refractivity contribution in [3.63, 3.8) is 0 Å². The summed E-state index contributed by atoms with van der Waals surface area (Å²) in [5.74, 6) is 2.11. The summed E-state index contributed by atoms with van der Waals surface area (Å²) in [6, 6.07) is 17.9. The van der Waals surface area contributed by atoms with Crippen LogP contribution in [0.1, 0.15) is 11.4 Å². The summed E-state index contributed by atoms with van der Waals surface area (Å²) in [7, 11) is 5.33. The quantitative estimate of drug-likeness (QED) is 0.481. The van der Waals surface area contributed by atoms with Crippen LogP contribution in [-0.4, -0.2) is 31.2 Å². The Morgan fingerprint density at radius 1 is 1.00 bits per heavy atom. The molecule has 6 nitrogen and oxygen atoms in total. The molecule has 0 spiro atoms. The molecule has 4 rings (SSSR count). The van der Waals surface area contributed by atoms with Crippen molar-refractivity contribution in [3.8, 4) is 21.9 Å². The summed E-state index contributed by atoms with van der Waals surface area (Å²) in [6.07, 6.45) is 0. The second kappa shape index (κ2) is 8.69. The van der Waals surface area contributed by atoms with Crippen LogP contribution in [0.4, 0.5) is 0 Å². The molecule has 2 N–H and O–H groups in total. The largest absolute Gasteiger partial charge is 0.493 e. The Bertz CT molecular complexity index is 1220. The molecule has 154 valence electrons. The lowest BCUT2D eigenvalue weighted by atomic mass is 10.2. The number of hydrogen-bond donors (Lipinski definition) is 2. The minimum absolute atomic E-state index is 0.0904. The molecule has 0 aliphatic rings. The van der Waals surface area contributed by atoms with Gasteiger partial charge in [-0.25, -0.2) is 4.98 Å². The Balaban J connectivity index is 1.54. The Hall–Kier alpha value is -3.16. The van der Waals surface area contributed by atoms with Crippen LogP contribution in [0.25, 0.3) is 20.7 Å². The van der Waals surface area contributed by atoms with Crippen LogP contribution >= 0.6 is 11.3 Å². The minimum atomic E-state index is -0.0904. The minimum Gasteiger partial charge on any atom is -0.493 e. The number of methoxy groups -OCH3 is 2. The first-order chi connectivity index (χ1) is 14.6. The van der Waals surface area contributed by atoms with Crippen LogP contribution in [0.15, 0.2) is 59.4 Å². The van der Waals surface area contributed by atoms with Crippen molar-refractivity contribution < 1.29 is 14.4 Å². The van der Waals surface area contributed by atoms with E-state index in [-0.39, 0.29) is 5.56 Å². The van der Waals surface area contributed by atoms with Gasteiger partial charge in [-0.05, 0) is 29.8 Å². The predicted molar refractivity (Wildman–Crippen MR) is 120 cm³/mol. The summed E-state index contributed by atoms with van der Waals surface area (Å²) in [5.41, 5.74) is 2.13. The molecule has 2 aromatic heterocycles. The molecule has 4 aromatic rings. The fourth-order valence-corrected chi connectivity index (χ4v) is 4.55. The van der Waals surface area contributed by atoms with E-state index in [1.54, 1.807) is 25.6 Å². The Kier molecular flexibility index (Phi) is 5.83. The average Bonchev–Trinajstić information content (AvgIpc) is 3.19. The van der Waals surface area contributed by atoms with E-state index in [1.807, 2.05) is 54.6 Å². The van der Waals surface area contributed by atoms with E-state index >= 15 is 0 Å². The standard InChI is InChI=1S/C23H23N3O3S/c1-26(13-15-9-10-18(28-2)19(11-15)29-3)14-21-24-22(27)17-12-20(30-23(17)25-21)16-7-5-4-6-8-16/h4-12H,13-14H2,1-3H3,(H,24,25,27)/p+1. The Labute approximate surface area is 178 Å². The lowest BCUT2D eigenvalue weighted by molar-refractivity contribution is -0.908. The van der Waals surface area contributed by atoms with Crippen molar-refractivity contribution in [1.29, 1.82) is 0 Å². The number of ether oxygens (including phenoxy) is 2. The maximum absolute atomic E-state index is 12.6. The summed E-state index contributed by atoms with van der Waals surface area (Å²) < 4.78 is 10.7. The molecule has 0 bridgehead atoms.